The van der Waals surface area contributed by atoms with Gasteiger partial charge in [0.1, 0.15) is 6.04 Å². The Morgan fingerprint density at radius 1 is 1.64 bits per heavy atom. The van der Waals surface area contributed by atoms with E-state index in [0.717, 1.165) is 4.90 Å². The maximum atomic E-state index is 10.4. The average Bonchev–Trinajstić information content (AvgIpc) is 2.30. The van der Waals surface area contributed by atoms with Crippen molar-refractivity contribution in [1.82, 2.24) is 4.90 Å². The molecule has 1 saturated heterocycles. The zero-order valence-electron chi connectivity index (χ0n) is 5.80. The predicted molar refractivity (Wildman–Crippen MR) is 34.8 cm³/mol. The Labute approximate surface area is 63.2 Å². The summed E-state index contributed by atoms with van der Waals surface area (Å²) in [5.41, 5.74) is 0. The first-order valence-electron chi connectivity index (χ1n) is 3.27. The van der Waals surface area contributed by atoms with Gasteiger partial charge in [-0.2, -0.15) is 0 Å². The minimum atomic E-state index is -1.06. The number of carboxylic acid groups (broad SMARTS) is 1. The van der Waals surface area contributed by atoms with Crippen LogP contribution in [-0.2, 0) is 9.59 Å². The number of hydrogen-bond acceptors (Lipinski definition) is 3. The quantitative estimate of drug-likeness (QED) is 0.489. The molecule has 1 aliphatic rings. The van der Waals surface area contributed by atoms with Gasteiger partial charge in [-0.25, -0.2) is 4.79 Å². The molecule has 11 heavy (non-hydrogen) atoms. The predicted octanol–water partition coefficient (Wildman–Crippen LogP) is -1.34. The minimum absolute atomic E-state index is 0.125. The highest BCUT2D eigenvalue weighted by Crippen LogP contribution is 2.15. The van der Waals surface area contributed by atoms with Crippen LogP contribution in [0.15, 0.2) is 0 Å². The van der Waals surface area contributed by atoms with Gasteiger partial charge in [0.15, 0.2) is 0 Å². The van der Waals surface area contributed by atoms with Crippen LogP contribution in [0.4, 0.5) is 0 Å². The van der Waals surface area contributed by atoms with Crippen LogP contribution in [0.5, 0.6) is 0 Å². The van der Waals surface area contributed by atoms with Crippen LogP contribution < -0.4 is 0 Å². The SMILES string of the molecule is O=CN1C[C@H](O)C[C@H]1C(=O)O. The van der Waals surface area contributed by atoms with Crippen LogP contribution in [-0.4, -0.2) is 46.2 Å². The number of β-amino-alcohol motifs (C(OH)–C–C–N with tert-alkyl or cyclic N) is 1. The molecule has 5 heteroatoms. The number of carboxylic acids is 1. The van der Waals surface area contributed by atoms with Crippen LogP contribution in [0, 0.1) is 0 Å². The van der Waals surface area contributed by atoms with E-state index in [1.807, 2.05) is 0 Å². The standard InChI is InChI=1S/C6H9NO4/c8-3-7-2-4(9)1-5(7)6(10)11/h3-5,9H,1-2H2,(H,10,11)/t4-,5+/m1/s1. The fourth-order valence-corrected chi connectivity index (χ4v) is 1.20. The fourth-order valence-electron chi connectivity index (χ4n) is 1.20. The molecule has 1 rings (SSSR count). The van der Waals surface area contributed by atoms with E-state index in [-0.39, 0.29) is 13.0 Å². The summed E-state index contributed by atoms with van der Waals surface area (Å²) in [5, 5.41) is 17.5. The van der Waals surface area contributed by atoms with Crippen molar-refractivity contribution in [3.05, 3.63) is 0 Å². The smallest absolute Gasteiger partial charge is 0.326 e. The topological polar surface area (TPSA) is 77.8 Å². The van der Waals surface area contributed by atoms with Crippen LogP contribution in [0.1, 0.15) is 6.42 Å². The third-order valence-corrected chi connectivity index (χ3v) is 1.74. The highest BCUT2D eigenvalue weighted by Gasteiger charge is 2.34. The summed E-state index contributed by atoms with van der Waals surface area (Å²) in [5.74, 6) is -1.06. The van der Waals surface area contributed by atoms with Gasteiger partial charge in [-0.1, -0.05) is 0 Å². The lowest BCUT2D eigenvalue weighted by Crippen LogP contribution is -2.34. The lowest BCUT2D eigenvalue weighted by atomic mass is 10.2. The van der Waals surface area contributed by atoms with E-state index in [0.29, 0.717) is 6.41 Å². The molecule has 1 heterocycles. The van der Waals surface area contributed by atoms with Gasteiger partial charge in [0.25, 0.3) is 0 Å². The van der Waals surface area contributed by atoms with Crippen LogP contribution in [0.25, 0.3) is 0 Å². The number of carbonyl (C=O) groups is 2. The van der Waals surface area contributed by atoms with Gasteiger partial charge >= 0.3 is 5.97 Å². The maximum absolute atomic E-state index is 10.4. The summed E-state index contributed by atoms with van der Waals surface area (Å²) in [6.07, 6.45) is -0.107. The van der Waals surface area contributed by atoms with Gasteiger partial charge in [-0.05, 0) is 0 Å². The molecule has 0 unspecified atom stereocenters. The van der Waals surface area contributed by atoms with Crippen molar-refractivity contribution in [1.29, 1.82) is 0 Å². The highest BCUT2D eigenvalue weighted by atomic mass is 16.4. The fraction of sp³-hybridized carbons (Fsp3) is 0.667. The Kier molecular flexibility index (Phi) is 2.09. The van der Waals surface area contributed by atoms with Crippen molar-refractivity contribution in [2.24, 2.45) is 0 Å². The zero-order chi connectivity index (χ0) is 8.43. The monoisotopic (exact) mass is 159 g/mol. The van der Waals surface area contributed by atoms with Crippen molar-refractivity contribution >= 4 is 12.4 Å². The van der Waals surface area contributed by atoms with Gasteiger partial charge in [0.2, 0.25) is 6.41 Å². The number of amides is 1. The number of nitrogens with zero attached hydrogens (tertiary/aromatic N) is 1. The Bertz CT molecular complexity index is 181. The molecule has 0 bridgehead atoms. The van der Waals surface area contributed by atoms with Crippen molar-refractivity contribution in [3.8, 4) is 0 Å². The second kappa shape index (κ2) is 2.87. The largest absolute Gasteiger partial charge is 0.480 e. The Hall–Kier alpha value is -1.10. The van der Waals surface area contributed by atoms with E-state index in [1.165, 1.54) is 0 Å². The first-order chi connectivity index (χ1) is 5.15. The number of aliphatic carboxylic acids is 1. The number of aliphatic hydroxyl groups excluding tert-OH is 1. The lowest BCUT2D eigenvalue weighted by molar-refractivity contribution is -0.144. The number of aliphatic hydroxyl groups is 1. The molecular weight excluding hydrogens is 150 g/mol. The average molecular weight is 159 g/mol. The van der Waals surface area contributed by atoms with E-state index in [9.17, 15) is 9.59 Å². The second-order valence-electron chi connectivity index (χ2n) is 2.55. The molecule has 2 atom stereocenters. The van der Waals surface area contributed by atoms with Crippen molar-refractivity contribution in [3.63, 3.8) is 0 Å². The normalized spacial score (nSPS) is 30.5. The molecule has 5 nitrogen and oxygen atoms in total. The molecule has 1 amide bonds. The van der Waals surface area contributed by atoms with Gasteiger partial charge in [-0.3, -0.25) is 4.79 Å². The molecular formula is C6H9NO4. The van der Waals surface area contributed by atoms with Crippen molar-refractivity contribution < 1.29 is 19.8 Å². The summed E-state index contributed by atoms with van der Waals surface area (Å²) in [6.45, 7) is 0.125. The third-order valence-electron chi connectivity index (χ3n) is 1.74. The molecule has 0 spiro atoms. The Balaban J connectivity index is 2.64. The summed E-state index contributed by atoms with van der Waals surface area (Å²) in [4.78, 5) is 21.7. The van der Waals surface area contributed by atoms with E-state index in [2.05, 4.69) is 0 Å². The molecule has 0 aromatic rings. The molecule has 62 valence electrons. The first kappa shape index (κ1) is 8.00. The summed E-state index contributed by atoms with van der Waals surface area (Å²) in [6, 6.07) is -0.845. The highest BCUT2D eigenvalue weighted by molar-refractivity contribution is 5.77. The van der Waals surface area contributed by atoms with E-state index >= 15 is 0 Å². The summed E-state index contributed by atoms with van der Waals surface area (Å²) < 4.78 is 0. The molecule has 0 aromatic carbocycles. The molecule has 0 saturated carbocycles. The second-order valence-corrected chi connectivity index (χ2v) is 2.55. The van der Waals surface area contributed by atoms with Crippen molar-refractivity contribution in [2.75, 3.05) is 6.54 Å². The molecule has 0 aromatic heterocycles. The molecule has 0 aliphatic carbocycles. The first-order valence-corrected chi connectivity index (χ1v) is 3.27. The Morgan fingerprint density at radius 2 is 2.27 bits per heavy atom. The van der Waals surface area contributed by atoms with Gasteiger partial charge in [-0.15, -0.1) is 0 Å². The summed E-state index contributed by atoms with van der Waals surface area (Å²) >= 11 is 0. The van der Waals surface area contributed by atoms with E-state index in [4.69, 9.17) is 10.2 Å². The van der Waals surface area contributed by atoms with E-state index < -0.39 is 18.1 Å². The van der Waals surface area contributed by atoms with Crippen molar-refractivity contribution in [2.45, 2.75) is 18.6 Å². The van der Waals surface area contributed by atoms with Gasteiger partial charge in [0.05, 0.1) is 6.10 Å². The Morgan fingerprint density at radius 3 is 2.64 bits per heavy atom. The number of rotatable bonds is 2. The number of likely N-dealkylation sites (tertiary alicyclic amines) is 1. The maximum Gasteiger partial charge on any atom is 0.326 e. The molecule has 1 aliphatic heterocycles. The van der Waals surface area contributed by atoms with Crippen LogP contribution in [0.3, 0.4) is 0 Å². The molecule has 2 N–H and O–H groups in total. The lowest BCUT2D eigenvalue weighted by Gasteiger charge is -2.13. The van der Waals surface area contributed by atoms with Crippen LogP contribution >= 0.6 is 0 Å². The summed E-state index contributed by atoms with van der Waals surface area (Å²) in [7, 11) is 0. The van der Waals surface area contributed by atoms with E-state index in [1.54, 1.807) is 0 Å². The molecule has 1 fully saturated rings. The third kappa shape index (κ3) is 1.48. The number of hydrogen-bond donors (Lipinski definition) is 2. The molecule has 0 radical (unpaired) electrons. The van der Waals surface area contributed by atoms with Crippen LogP contribution in [0.2, 0.25) is 0 Å². The zero-order valence-corrected chi connectivity index (χ0v) is 5.80. The number of carbonyl (C=O) groups excluding carboxylic acids is 1. The minimum Gasteiger partial charge on any atom is -0.480 e. The van der Waals surface area contributed by atoms with Gasteiger partial charge in [0, 0.05) is 13.0 Å². The van der Waals surface area contributed by atoms with Gasteiger partial charge < -0.3 is 15.1 Å².